The van der Waals surface area contributed by atoms with Gasteiger partial charge >= 0.3 is 0 Å². The third-order valence-electron chi connectivity index (χ3n) is 3.26. The third kappa shape index (κ3) is 5.33. The summed E-state index contributed by atoms with van der Waals surface area (Å²) >= 11 is 0. The Bertz CT molecular complexity index is 333. The van der Waals surface area contributed by atoms with E-state index in [1.165, 1.54) is 6.42 Å². The first-order valence-electron chi connectivity index (χ1n) is 6.57. The maximum atomic E-state index is 11.7. The number of hydrogen-bond acceptors (Lipinski definition) is 3. The van der Waals surface area contributed by atoms with Crippen LogP contribution in [0, 0.1) is 12.3 Å². The fourth-order valence-corrected chi connectivity index (χ4v) is 2.40. The van der Waals surface area contributed by atoms with Gasteiger partial charge in [0.2, 0.25) is 5.91 Å². The zero-order chi connectivity index (χ0) is 13.4. The fourth-order valence-electron chi connectivity index (χ4n) is 2.40. The first-order valence-corrected chi connectivity index (χ1v) is 6.57. The summed E-state index contributed by atoms with van der Waals surface area (Å²) in [6.07, 6.45) is 10.1. The molecule has 1 aliphatic rings. The molecule has 0 saturated carbocycles. The number of nitrogens with one attached hydrogen (secondary N) is 1. The minimum atomic E-state index is -0.0524. The lowest BCUT2D eigenvalue weighted by atomic mass is 10.0. The van der Waals surface area contributed by atoms with Gasteiger partial charge in [-0.1, -0.05) is 18.8 Å². The zero-order valence-electron chi connectivity index (χ0n) is 11.1. The van der Waals surface area contributed by atoms with Gasteiger partial charge in [-0.05, 0) is 26.3 Å². The van der Waals surface area contributed by atoms with Gasteiger partial charge in [0, 0.05) is 12.5 Å². The summed E-state index contributed by atoms with van der Waals surface area (Å²) in [5.41, 5.74) is 0. The predicted molar refractivity (Wildman–Crippen MR) is 71.0 cm³/mol. The van der Waals surface area contributed by atoms with E-state index in [-0.39, 0.29) is 24.3 Å². The summed E-state index contributed by atoms with van der Waals surface area (Å²) in [6, 6.07) is 0.210. The van der Waals surface area contributed by atoms with E-state index in [9.17, 15) is 9.59 Å². The molecule has 1 amide bonds. The van der Waals surface area contributed by atoms with Gasteiger partial charge in [-0.2, -0.15) is 0 Å². The summed E-state index contributed by atoms with van der Waals surface area (Å²) in [5.74, 6) is 2.53. The number of likely N-dealkylation sites (tertiary alicyclic amines) is 1. The van der Waals surface area contributed by atoms with E-state index >= 15 is 0 Å². The molecule has 1 fully saturated rings. The standard InChI is InChI=1S/C14H22N2O2/c1-3-8-15-14(18)11-16-9-6-4-5-7-13(16)10-12(2)17/h1,13H,4-11H2,2H3,(H,15,18). The molecule has 100 valence electrons. The molecule has 1 rings (SSSR count). The number of hydrogen-bond donors (Lipinski definition) is 1. The minimum absolute atomic E-state index is 0.0524. The Morgan fingerprint density at radius 2 is 2.17 bits per heavy atom. The van der Waals surface area contributed by atoms with Crippen molar-refractivity contribution in [3.63, 3.8) is 0 Å². The third-order valence-corrected chi connectivity index (χ3v) is 3.26. The molecular weight excluding hydrogens is 228 g/mol. The average molecular weight is 250 g/mol. The molecule has 0 bridgehead atoms. The molecule has 0 spiro atoms. The highest BCUT2D eigenvalue weighted by Crippen LogP contribution is 2.19. The second-order valence-electron chi connectivity index (χ2n) is 4.86. The van der Waals surface area contributed by atoms with Crippen molar-refractivity contribution in [1.82, 2.24) is 10.2 Å². The number of terminal acetylenes is 1. The predicted octanol–water partition coefficient (Wildman–Crippen LogP) is 0.959. The number of rotatable bonds is 5. The number of carbonyl (C=O) groups excluding carboxylic acids is 2. The van der Waals surface area contributed by atoms with E-state index in [4.69, 9.17) is 6.42 Å². The normalized spacial score (nSPS) is 20.8. The summed E-state index contributed by atoms with van der Waals surface area (Å²) in [6.45, 7) is 3.12. The van der Waals surface area contributed by atoms with Crippen molar-refractivity contribution in [2.45, 2.75) is 45.1 Å². The van der Waals surface area contributed by atoms with E-state index in [0.29, 0.717) is 13.0 Å². The van der Waals surface area contributed by atoms with Crippen LogP contribution < -0.4 is 5.32 Å². The highest BCUT2D eigenvalue weighted by Gasteiger charge is 2.23. The highest BCUT2D eigenvalue weighted by molar-refractivity contribution is 5.79. The van der Waals surface area contributed by atoms with Crippen LogP contribution in [-0.4, -0.2) is 42.3 Å². The Kier molecular flexibility index (Phi) is 6.45. The van der Waals surface area contributed by atoms with Crippen molar-refractivity contribution in [3.8, 4) is 12.3 Å². The van der Waals surface area contributed by atoms with Gasteiger partial charge < -0.3 is 5.32 Å². The molecule has 1 atom stereocenters. The maximum absolute atomic E-state index is 11.7. The van der Waals surface area contributed by atoms with Crippen molar-refractivity contribution in [2.75, 3.05) is 19.6 Å². The van der Waals surface area contributed by atoms with Gasteiger partial charge in [-0.25, -0.2) is 0 Å². The molecule has 0 aromatic carbocycles. The molecular formula is C14H22N2O2. The van der Waals surface area contributed by atoms with Crippen LogP contribution in [0.4, 0.5) is 0 Å². The van der Waals surface area contributed by atoms with Crippen LogP contribution in [0.25, 0.3) is 0 Å². The van der Waals surface area contributed by atoms with E-state index in [1.807, 2.05) is 0 Å². The van der Waals surface area contributed by atoms with E-state index in [2.05, 4.69) is 16.1 Å². The second kappa shape index (κ2) is 7.88. The molecule has 1 heterocycles. The van der Waals surface area contributed by atoms with Crippen LogP contribution in [0.1, 0.15) is 39.0 Å². The van der Waals surface area contributed by atoms with Crippen molar-refractivity contribution >= 4 is 11.7 Å². The Morgan fingerprint density at radius 3 is 2.83 bits per heavy atom. The van der Waals surface area contributed by atoms with Crippen LogP contribution >= 0.6 is 0 Å². The van der Waals surface area contributed by atoms with Crippen molar-refractivity contribution in [1.29, 1.82) is 0 Å². The smallest absolute Gasteiger partial charge is 0.234 e. The molecule has 1 saturated heterocycles. The average Bonchev–Trinajstić information content (AvgIpc) is 2.52. The van der Waals surface area contributed by atoms with Crippen LogP contribution in [0.2, 0.25) is 0 Å². The lowest BCUT2D eigenvalue weighted by Gasteiger charge is -2.28. The Balaban J connectivity index is 2.53. The molecule has 0 aromatic heterocycles. The molecule has 18 heavy (non-hydrogen) atoms. The number of carbonyl (C=O) groups is 2. The van der Waals surface area contributed by atoms with Gasteiger partial charge in [0.15, 0.2) is 0 Å². The molecule has 1 unspecified atom stereocenters. The lowest BCUT2D eigenvalue weighted by Crippen LogP contribution is -2.43. The molecule has 0 radical (unpaired) electrons. The Labute approximate surface area is 109 Å². The summed E-state index contributed by atoms with van der Waals surface area (Å²) in [7, 11) is 0. The Morgan fingerprint density at radius 1 is 1.39 bits per heavy atom. The van der Waals surface area contributed by atoms with Gasteiger partial charge in [0.05, 0.1) is 13.1 Å². The van der Waals surface area contributed by atoms with Crippen molar-refractivity contribution < 1.29 is 9.59 Å². The minimum Gasteiger partial charge on any atom is -0.344 e. The Hall–Kier alpha value is -1.34. The number of amides is 1. The zero-order valence-corrected chi connectivity index (χ0v) is 11.1. The summed E-state index contributed by atoms with van der Waals surface area (Å²) < 4.78 is 0. The molecule has 0 aromatic rings. The van der Waals surface area contributed by atoms with Crippen molar-refractivity contribution in [2.24, 2.45) is 0 Å². The fraction of sp³-hybridized carbons (Fsp3) is 0.714. The van der Waals surface area contributed by atoms with Gasteiger partial charge in [-0.15, -0.1) is 6.42 Å². The molecule has 4 heteroatoms. The van der Waals surface area contributed by atoms with Crippen LogP contribution in [-0.2, 0) is 9.59 Å². The SMILES string of the molecule is C#CCNC(=O)CN1CCCCCC1CC(C)=O. The first-order chi connectivity index (χ1) is 8.63. The number of ketones is 1. The molecule has 1 N–H and O–H groups in total. The van der Waals surface area contributed by atoms with Gasteiger partial charge in [-0.3, -0.25) is 14.5 Å². The molecule has 4 nitrogen and oxygen atoms in total. The van der Waals surface area contributed by atoms with E-state index in [1.54, 1.807) is 6.92 Å². The largest absolute Gasteiger partial charge is 0.344 e. The number of nitrogens with zero attached hydrogens (tertiary/aromatic N) is 1. The monoisotopic (exact) mass is 250 g/mol. The molecule has 0 aliphatic carbocycles. The number of Topliss-reactive ketones (excluding diaryl/α,β-unsaturated/α-hetero) is 1. The van der Waals surface area contributed by atoms with Gasteiger partial charge in [0.25, 0.3) is 0 Å². The topological polar surface area (TPSA) is 49.4 Å². The van der Waals surface area contributed by atoms with Crippen LogP contribution in [0.5, 0.6) is 0 Å². The highest BCUT2D eigenvalue weighted by atomic mass is 16.2. The first kappa shape index (κ1) is 14.7. The second-order valence-corrected chi connectivity index (χ2v) is 4.86. The van der Waals surface area contributed by atoms with E-state index in [0.717, 1.165) is 25.8 Å². The summed E-state index contributed by atoms with van der Waals surface area (Å²) in [4.78, 5) is 25.1. The molecule has 1 aliphatic heterocycles. The van der Waals surface area contributed by atoms with Crippen LogP contribution in [0.3, 0.4) is 0 Å². The van der Waals surface area contributed by atoms with E-state index < -0.39 is 0 Å². The van der Waals surface area contributed by atoms with Gasteiger partial charge in [0.1, 0.15) is 5.78 Å². The quantitative estimate of drug-likeness (QED) is 0.739. The summed E-state index contributed by atoms with van der Waals surface area (Å²) in [5, 5.41) is 2.67. The maximum Gasteiger partial charge on any atom is 0.234 e. The van der Waals surface area contributed by atoms with Crippen LogP contribution in [0.15, 0.2) is 0 Å². The van der Waals surface area contributed by atoms with Crippen molar-refractivity contribution in [3.05, 3.63) is 0 Å². The lowest BCUT2D eigenvalue weighted by molar-refractivity contribution is -0.124.